The van der Waals surface area contributed by atoms with Crippen LogP contribution in [0.15, 0.2) is 51.2 Å². The van der Waals surface area contributed by atoms with Crippen molar-refractivity contribution in [2.24, 2.45) is 0 Å². The fourth-order valence-corrected chi connectivity index (χ4v) is 1.89. The van der Waals surface area contributed by atoms with Gasteiger partial charge in [-0.25, -0.2) is 9.78 Å². The maximum atomic E-state index is 12.0. The van der Waals surface area contributed by atoms with Crippen molar-refractivity contribution in [1.82, 2.24) is 4.98 Å². The summed E-state index contributed by atoms with van der Waals surface area (Å²) in [5.41, 5.74) is 0.236. The average molecular weight is 302 g/mol. The van der Waals surface area contributed by atoms with Crippen molar-refractivity contribution < 1.29 is 9.21 Å². The summed E-state index contributed by atoms with van der Waals surface area (Å²) in [7, 11) is 0. The molecule has 0 unspecified atom stereocenters. The Kier molecular flexibility index (Phi) is 4.50. The number of aromatic nitrogens is 1. The van der Waals surface area contributed by atoms with Gasteiger partial charge in [0.2, 0.25) is 5.89 Å². The van der Waals surface area contributed by atoms with Crippen molar-refractivity contribution in [3.05, 3.63) is 63.0 Å². The van der Waals surface area contributed by atoms with Crippen LogP contribution in [0.3, 0.4) is 0 Å². The normalized spacial score (nSPS) is 12.5. The van der Waals surface area contributed by atoms with Gasteiger partial charge in [-0.2, -0.15) is 0 Å². The number of allylic oxidation sites excluding steroid dienone is 2. The molecule has 106 valence electrons. The largest absolute Gasteiger partial charge is 0.403 e. The lowest BCUT2D eigenvalue weighted by Gasteiger charge is -1.99. The van der Waals surface area contributed by atoms with Crippen molar-refractivity contribution in [2.45, 2.75) is 6.92 Å². The Morgan fingerprint density at radius 3 is 2.52 bits per heavy atom. The number of hydrogen-bond acceptors (Lipinski definition) is 4. The molecule has 4 nitrogen and oxygen atoms in total. The maximum absolute atomic E-state index is 12.0. The highest BCUT2D eigenvalue weighted by Crippen LogP contribution is 2.12. The number of nitrogens with zero attached hydrogens (tertiary/aromatic N) is 1. The first-order valence-corrected chi connectivity index (χ1v) is 6.54. The minimum Gasteiger partial charge on any atom is -0.403 e. The highest BCUT2D eigenvalue weighted by Gasteiger charge is 2.07. The van der Waals surface area contributed by atoms with Crippen LogP contribution in [0.2, 0.25) is 0 Å². The summed E-state index contributed by atoms with van der Waals surface area (Å²) in [6.07, 6.45) is 2.82. The van der Waals surface area contributed by atoms with E-state index in [-0.39, 0.29) is 22.0 Å². The maximum Gasteiger partial charge on any atom is 0.347 e. The molecule has 1 aromatic heterocycles. The summed E-state index contributed by atoms with van der Waals surface area (Å²) in [5, 5.41) is -0.331. The summed E-state index contributed by atoms with van der Waals surface area (Å²) in [5.74, 6) is 0.182. The van der Waals surface area contributed by atoms with Crippen molar-refractivity contribution >= 4 is 29.5 Å². The van der Waals surface area contributed by atoms with E-state index in [1.807, 2.05) is 18.2 Å². The second kappa shape index (κ2) is 6.33. The lowest BCUT2D eigenvalue weighted by Crippen LogP contribution is -2.40. The van der Waals surface area contributed by atoms with E-state index in [2.05, 4.69) is 11.6 Å². The second-order valence-electron chi connectivity index (χ2n) is 4.19. The molecule has 0 aliphatic rings. The molecule has 0 atom stereocenters. The van der Waals surface area contributed by atoms with Gasteiger partial charge in [-0.1, -0.05) is 30.9 Å². The first-order valence-electron chi connectivity index (χ1n) is 6.16. The molecule has 0 bridgehead atoms. The molecule has 5 heteroatoms. The Morgan fingerprint density at radius 1 is 1.33 bits per heavy atom. The SMILES string of the molecule is C=c1nc(-c2ccccc2)oc(=O)c1=CC(=CC)C(=O)Cl. The third-order valence-electron chi connectivity index (χ3n) is 2.82. The van der Waals surface area contributed by atoms with Crippen LogP contribution in [0.1, 0.15) is 6.92 Å². The van der Waals surface area contributed by atoms with Crippen LogP contribution >= 0.6 is 11.6 Å². The van der Waals surface area contributed by atoms with E-state index in [0.29, 0.717) is 5.56 Å². The van der Waals surface area contributed by atoms with E-state index in [1.165, 1.54) is 12.2 Å². The number of rotatable bonds is 3. The van der Waals surface area contributed by atoms with Crippen LogP contribution in [-0.4, -0.2) is 10.2 Å². The summed E-state index contributed by atoms with van der Waals surface area (Å²) in [4.78, 5) is 27.4. The number of carbonyl (C=O) groups excluding carboxylic acids is 1. The summed E-state index contributed by atoms with van der Waals surface area (Å²) >= 11 is 5.41. The first-order chi connectivity index (χ1) is 10.0. The van der Waals surface area contributed by atoms with Gasteiger partial charge in [0.25, 0.3) is 5.24 Å². The van der Waals surface area contributed by atoms with Gasteiger partial charge >= 0.3 is 5.63 Å². The highest BCUT2D eigenvalue weighted by atomic mass is 35.5. The topological polar surface area (TPSA) is 60.2 Å². The lowest BCUT2D eigenvalue weighted by molar-refractivity contribution is -0.108. The van der Waals surface area contributed by atoms with Gasteiger partial charge in [-0.3, -0.25) is 4.79 Å². The lowest BCUT2D eigenvalue weighted by atomic mass is 10.2. The van der Waals surface area contributed by atoms with Crippen LogP contribution < -0.4 is 16.2 Å². The van der Waals surface area contributed by atoms with Gasteiger partial charge < -0.3 is 4.42 Å². The Bertz CT molecular complexity index is 832. The first kappa shape index (κ1) is 14.9. The molecule has 2 rings (SSSR count). The van der Waals surface area contributed by atoms with Gasteiger partial charge in [-0.05, 0) is 36.7 Å². The minimum atomic E-state index is -0.663. The molecule has 0 radical (unpaired) electrons. The second-order valence-corrected chi connectivity index (χ2v) is 4.54. The van der Waals surface area contributed by atoms with Crippen LogP contribution in [0.4, 0.5) is 0 Å². The molecule has 0 aliphatic heterocycles. The Hall–Kier alpha value is -2.46. The highest BCUT2D eigenvalue weighted by molar-refractivity contribution is 6.68. The van der Waals surface area contributed by atoms with Crippen LogP contribution in [-0.2, 0) is 4.79 Å². The molecule has 2 aromatic rings. The van der Waals surface area contributed by atoms with Gasteiger partial charge in [0.1, 0.15) is 0 Å². The van der Waals surface area contributed by atoms with Crippen LogP contribution in [0.25, 0.3) is 24.1 Å². The standard InChI is InChI=1S/C16H12ClNO3/c1-3-11(14(17)19)9-13-10(2)18-15(21-16(13)20)12-7-5-4-6-8-12/h3-9H,2H2,1H3. The summed E-state index contributed by atoms with van der Waals surface area (Å²) in [6.45, 7) is 5.37. The predicted molar refractivity (Wildman–Crippen MR) is 82.1 cm³/mol. The average Bonchev–Trinajstić information content (AvgIpc) is 2.47. The zero-order valence-corrected chi connectivity index (χ0v) is 12.1. The third kappa shape index (κ3) is 3.35. The van der Waals surface area contributed by atoms with E-state index in [0.717, 1.165) is 0 Å². The monoisotopic (exact) mass is 301 g/mol. The molecule has 0 amide bonds. The molecule has 1 heterocycles. The molecule has 21 heavy (non-hydrogen) atoms. The van der Waals surface area contributed by atoms with Gasteiger partial charge in [-0.15, -0.1) is 0 Å². The van der Waals surface area contributed by atoms with E-state index in [9.17, 15) is 9.59 Å². The molecule has 0 N–H and O–H groups in total. The quantitative estimate of drug-likeness (QED) is 0.638. The molecule has 0 saturated carbocycles. The van der Waals surface area contributed by atoms with E-state index < -0.39 is 10.9 Å². The van der Waals surface area contributed by atoms with Crippen LogP contribution in [0.5, 0.6) is 0 Å². The van der Waals surface area contributed by atoms with Gasteiger partial charge in [0.05, 0.1) is 10.6 Å². The number of halogens is 1. The molecule has 0 saturated heterocycles. The predicted octanol–water partition coefficient (Wildman–Crippen LogP) is 1.60. The number of benzene rings is 1. The van der Waals surface area contributed by atoms with E-state index in [4.69, 9.17) is 16.0 Å². The third-order valence-corrected chi connectivity index (χ3v) is 3.03. The van der Waals surface area contributed by atoms with Crippen molar-refractivity contribution in [3.63, 3.8) is 0 Å². The molecule has 0 fully saturated rings. The Morgan fingerprint density at radius 2 is 2.00 bits per heavy atom. The molecule has 1 aromatic carbocycles. The zero-order chi connectivity index (χ0) is 15.4. The number of hydrogen-bond donors (Lipinski definition) is 0. The molecule has 0 aliphatic carbocycles. The minimum absolute atomic E-state index is 0.108. The fourth-order valence-electron chi connectivity index (χ4n) is 1.72. The summed E-state index contributed by atoms with van der Waals surface area (Å²) < 4.78 is 5.18. The smallest absolute Gasteiger partial charge is 0.347 e. The van der Waals surface area contributed by atoms with Crippen molar-refractivity contribution in [3.8, 4) is 11.5 Å². The molecular formula is C16H12ClNO3. The zero-order valence-electron chi connectivity index (χ0n) is 11.3. The van der Waals surface area contributed by atoms with E-state index >= 15 is 0 Å². The summed E-state index contributed by atoms with van der Waals surface area (Å²) in [6, 6.07) is 9.01. The molecular weight excluding hydrogens is 290 g/mol. The number of carbonyl (C=O) groups is 1. The van der Waals surface area contributed by atoms with Gasteiger partial charge in [0, 0.05) is 11.1 Å². The Labute approximate surface area is 125 Å². The van der Waals surface area contributed by atoms with Crippen molar-refractivity contribution in [2.75, 3.05) is 0 Å². The van der Waals surface area contributed by atoms with E-state index in [1.54, 1.807) is 19.1 Å². The fraction of sp³-hybridized carbons (Fsp3) is 0.0625. The Balaban J connectivity index is 2.64. The van der Waals surface area contributed by atoms with Gasteiger partial charge in [0.15, 0.2) is 0 Å². The van der Waals surface area contributed by atoms with Crippen LogP contribution in [0, 0.1) is 0 Å². The van der Waals surface area contributed by atoms with Crippen molar-refractivity contribution in [1.29, 1.82) is 0 Å². The molecule has 0 spiro atoms.